The van der Waals surface area contributed by atoms with Crippen molar-refractivity contribution in [2.45, 2.75) is 19.0 Å². The standard InChI is InChI=1S/C19H21N5O/c20-13-16-7-4-9-21-18(16)22-10-11-23-19(25)17-8-12-24(17)14-15-5-2-1-3-6-15/h1-7,9,17H,8,10-12,14H2,(H,21,22)(H,23,25)/t17-/m1/s1. The number of amides is 1. The van der Waals surface area contributed by atoms with E-state index in [2.05, 4.69) is 38.7 Å². The molecule has 1 atom stereocenters. The molecule has 0 saturated carbocycles. The van der Waals surface area contributed by atoms with Crippen LogP contribution >= 0.6 is 0 Å². The van der Waals surface area contributed by atoms with E-state index in [0.29, 0.717) is 24.5 Å². The summed E-state index contributed by atoms with van der Waals surface area (Å²) >= 11 is 0. The predicted octanol–water partition coefficient (Wildman–Crippen LogP) is 1.76. The molecule has 0 aliphatic carbocycles. The molecule has 128 valence electrons. The van der Waals surface area contributed by atoms with E-state index in [-0.39, 0.29) is 11.9 Å². The molecule has 0 bridgehead atoms. The van der Waals surface area contributed by atoms with Gasteiger partial charge >= 0.3 is 0 Å². The maximum atomic E-state index is 12.3. The summed E-state index contributed by atoms with van der Waals surface area (Å²) in [7, 11) is 0. The molecule has 1 aliphatic rings. The molecule has 6 nitrogen and oxygen atoms in total. The van der Waals surface area contributed by atoms with E-state index in [1.807, 2.05) is 18.2 Å². The van der Waals surface area contributed by atoms with Crippen molar-refractivity contribution in [1.29, 1.82) is 5.26 Å². The van der Waals surface area contributed by atoms with E-state index in [0.717, 1.165) is 19.5 Å². The summed E-state index contributed by atoms with van der Waals surface area (Å²) in [5.74, 6) is 0.610. The Morgan fingerprint density at radius 1 is 1.24 bits per heavy atom. The number of nitriles is 1. The molecule has 0 radical (unpaired) electrons. The molecular formula is C19H21N5O. The number of aromatic nitrogens is 1. The topological polar surface area (TPSA) is 81.0 Å². The highest BCUT2D eigenvalue weighted by Gasteiger charge is 2.33. The van der Waals surface area contributed by atoms with Gasteiger partial charge in [0.05, 0.1) is 11.6 Å². The number of nitrogens with one attached hydrogen (secondary N) is 2. The number of rotatable bonds is 7. The number of hydrogen-bond donors (Lipinski definition) is 2. The van der Waals surface area contributed by atoms with Crippen molar-refractivity contribution in [3.63, 3.8) is 0 Å². The number of pyridine rings is 1. The summed E-state index contributed by atoms with van der Waals surface area (Å²) in [6, 6.07) is 15.7. The first-order valence-corrected chi connectivity index (χ1v) is 8.42. The summed E-state index contributed by atoms with van der Waals surface area (Å²) in [6.45, 7) is 2.78. The molecule has 1 aromatic carbocycles. The van der Waals surface area contributed by atoms with Gasteiger partial charge in [-0.15, -0.1) is 0 Å². The molecule has 1 aliphatic heterocycles. The van der Waals surface area contributed by atoms with Crippen LogP contribution in [0.4, 0.5) is 5.82 Å². The van der Waals surface area contributed by atoms with Crippen LogP contribution in [-0.2, 0) is 11.3 Å². The first-order valence-electron chi connectivity index (χ1n) is 8.42. The molecule has 0 spiro atoms. The highest BCUT2D eigenvalue weighted by Crippen LogP contribution is 2.20. The Morgan fingerprint density at radius 3 is 2.80 bits per heavy atom. The fourth-order valence-corrected chi connectivity index (χ4v) is 2.87. The van der Waals surface area contributed by atoms with Crippen LogP contribution in [-0.4, -0.2) is 41.5 Å². The van der Waals surface area contributed by atoms with Gasteiger partial charge in [-0.25, -0.2) is 4.98 Å². The van der Waals surface area contributed by atoms with Gasteiger partial charge < -0.3 is 10.6 Å². The zero-order valence-electron chi connectivity index (χ0n) is 14.0. The first-order chi connectivity index (χ1) is 12.3. The van der Waals surface area contributed by atoms with Crippen LogP contribution in [0.3, 0.4) is 0 Å². The predicted molar refractivity (Wildman–Crippen MR) is 95.7 cm³/mol. The van der Waals surface area contributed by atoms with Gasteiger partial charge in [0.1, 0.15) is 11.9 Å². The Morgan fingerprint density at radius 2 is 2.08 bits per heavy atom. The van der Waals surface area contributed by atoms with E-state index in [9.17, 15) is 4.79 Å². The van der Waals surface area contributed by atoms with Crippen molar-refractivity contribution in [1.82, 2.24) is 15.2 Å². The fourth-order valence-electron chi connectivity index (χ4n) is 2.87. The summed E-state index contributed by atoms with van der Waals surface area (Å²) in [5, 5.41) is 15.1. The maximum absolute atomic E-state index is 12.3. The Kier molecular flexibility index (Phi) is 5.60. The average Bonchev–Trinajstić information content (AvgIpc) is 2.63. The third-order valence-electron chi connectivity index (χ3n) is 4.31. The van der Waals surface area contributed by atoms with Gasteiger partial charge in [-0.3, -0.25) is 9.69 Å². The van der Waals surface area contributed by atoms with E-state index in [4.69, 9.17) is 5.26 Å². The van der Waals surface area contributed by atoms with Gasteiger partial charge in [0.15, 0.2) is 0 Å². The lowest BCUT2D eigenvalue weighted by Gasteiger charge is -2.39. The summed E-state index contributed by atoms with van der Waals surface area (Å²) in [5.41, 5.74) is 1.72. The molecule has 2 N–H and O–H groups in total. The first kappa shape index (κ1) is 16.9. The van der Waals surface area contributed by atoms with Crippen LogP contribution in [0.2, 0.25) is 0 Å². The normalized spacial score (nSPS) is 16.5. The molecule has 1 aromatic heterocycles. The van der Waals surface area contributed by atoms with E-state index >= 15 is 0 Å². The lowest BCUT2D eigenvalue weighted by atomic mass is 10.0. The highest BCUT2D eigenvalue weighted by molar-refractivity contribution is 5.82. The SMILES string of the molecule is N#Cc1cccnc1NCCNC(=O)[C@H]1CCN1Cc1ccccc1. The second-order valence-corrected chi connectivity index (χ2v) is 5.99. The van der Waals surface area contributed by atoms with Crippen LogP contribution in [0.15, 0.2) is 48.7 Å². The molecule has 6 heteroatoms. The summed E-state index contributed by atoms with van der Waals surface area (Å²) < 4.78 is 0. The monoisotopic (exact) mass is 335 g/mol. The molecule has 2 heterocycles. The fraction of sp³-hybridized carbons (Fsp3) is 0.316. The van der Waals surface area contributed by atoms with Gasteiger partial charge in [-0.05, 0) is 24.1 Å². The Labute approximate surface area is 147 Å². The molecule has 2 aromatic rings. The smallest absolute Gasteiger partial charge is 0.237 e. The van der Waals surface area contributed by atoms with Crippen molar-refractivity contribution < 1.29 is 4.79 Å². The third-order valence-corrected chi connectivity index (χ3v) is 4.31. The minimum atomic E-state index is -0.0512. The highest BCUT2D eigenvalue weighted by atomic mass is 16.2. The van der Waals surface area contributed by atoms with E-state index < -0.39 is 0 Å². The number of anilines is 1. The van der Waals surface area contributed by atoms with Gasteiger partial charge in [0.25, 0.3) is 0 Å². The number of likely N-dealkylation sites (tertiary alicyclic amines) is 1. The summed E-state index contributed by atoms with van der Waals surface area (Å²) in [4.78, 5) is 18.6. The Balaban J connectivity index is 1.41. The number of carbonyl (C=O) groups excluding carboxylic acids is 1. The quantitative estimate of drug-likeness (QED) is 0.754. The van der Waals surface area contributed by atoms with Crippen LogP contribution in [0.25, 0.3) is 0 Å². The zero-order chi connectivity index (χ0) is 17.5. The number of hydrogen-bond acceptors (Lipinski definition) is 5. The van der Waals surface area contributed by atoms with Crippen molar-refractivity contribution in [2.24, 2.45) is 0 Å². The third kappa shape index (κ3) is 4.34. The largest absolute Gasteiger partial charge is 0.367 e. The van der Waals surface area contributed by atoms with Crippen LogP contribution in [0.5, 0.6) is 0 Å². The minimum Gasteiger partial charge on any atom is -0.367 e. The van der Waals surface area contributed by atoms with Crippen LogP contribution in [0.1, 0.15) is 17.5 Å². The lowest BCUT2D eigenvalue weighted by molar-refractivity contribution is -0.131. The van der Waals surface area contributed by atoms with Gasteiger partial charge in [0, 0.05) is 32.4 Å². The van der Waals surface area contributed by atoms with E-state index in [1.54, 1.807) is 18.3 Å². The Bertz CT molecular complexity index is 756. The molecule has 1 saturated heterocycles. The second kappa shape index (κ2) is 8.27. The number of nitrogens with zero attached hydrogens (tertiary/aromatic N) is 3. The summed E-state index contributed by atoms with van der Waals surface area (Å²) in [6.07, 6.45) is 2.53. The van der Waals surface area contributed by atoms with Crippen molar-refractivity contribution >= 4 is 11.7 Å². The second-order valence-electron chi connectivity index (χ2n) is 5.99. The number of benzene rings is 1. The molecule has 0 unspecified atom stereocenters. The molecular weight excluding hydrogens is 314 g/mol. The van der Waals surface area contributed by atoms with Crippen molar-refractivity contribution in [3.8, 4) is 6.07 Å². The molecule has 25 heavy (non-hydrogen) atoms. The average molecular weight is 335 g/mol. The molecule has 3 rings (SSSR count). The molecule has 1 fully saturated rings. The molecule has 1 amide bonds. The number of carbonyl (C=O) groups is 1. The zero-order valence-corrected chi connectivity index (χ0v) is 14.0. The van der Waals surface area contributed by atoms with Crippen molar-refractivity contribution in [2.75, 3.05) is 25.0 Å². The van der Waals surface area contributed by atoms with Crippen LogP contribution < -0.4 is 10.6 Å². The Hall–Kier alpha value is -2.91. The van der Waals surface area contributed by atoms with Gasteiger partial charge in [-0.2, -0.15) is 5.26 Å². The lowest BCUT2D eigenvalue weighted by Crippen LogP contribution is -2.55. The maximum Gasteiger partial charge on any atom is 0.237 e. The van der Waals surface area contributed by atoms with E-state index in [1.165, 1.54) is 5.56 Å². The van der Waals surface area contributed by atoms with Gasteiger partial charge in [-0.1, -0.05) is 30.3 Å². The van der Waals surface area contributed by atoms with Crippen molar-refractivity contribution in [3.05, 3.63) is 59.8 Å². The minimum absolute atomic E-state index is 0.0512. The van der Waals surface area contributed by atoms with Crippen LogP contribution in [0, 0.1) is 11.3 Å². The van der Waals surface area contributed by atoms with Gasteiger partial charge in [0.2, 0.25) is 5.91 Å².